The molecule has 3 heteroatoms. The van der Waals surface area contributed by atoms with Crippen molar-refractivity contribution in [1.82, 2.24) is 14.9 Å². The number of imidazole rings is 1. The van der Waals surface area contributed by atoms with Gasteiger partial charge in [0.25, 0.3) is 0 Å². The molecule has 0 saturated heterocycles. The summed E-state index contributed by atoms with van der Waals surface area (Å²) in [5.41, 5.74) is 3.52. The molecule has 3 rings (SSSR count). The van der Waals surface area contributed by atoms with E-state index in [-0.39, 0.29) is 0 Å². The molecule has 0 radical (unpaired) electrons. The van der Waals surface area contributed by atoms with Crippen LogP contribution in [0.25, 0.3) is 11.0 Å². The minimum Gasteiger partial charge on any atom is -0.329 e. The molecule has 3 nitrogen and oxygen atoms in total. The topological polar surface area (TPSA) is 29.9 Å². The van der Waals surface area contributed by atoms with Crippen LogP contribution in [0.4, 0.5) is 0 Å². The first-order chi connectivity index (χ1) is 9.38. The fourth-order valence-corrected chi connectivity index (χ4v) is 2.40. The lowest BCUT2D eigenvalue weighted by atomic mass is 10.1. The highest BCUT2D eigenvalue weighted by molar-refractivity contribution is 5.74. The monoisotopic (exact) mass is 251 g/mol. The van der Waals surface area contributed by atoms with Crippen molar-refractivity contribution in [1.29, 1.82) is 0 Å². The first-order valence-electron chi connectivity index (χ1n) is 6.50. The van der Waals surface area contributed by atoms with Crippen molar-refractivity contribution < 1.29 is 0 Å². The van der Waals surface area contributed by atoms with Gasteiger partial charge in [-0.15, -0.1) is 0 Å². The van der Waals surface area contributed by atoms with Gasteiger partial charge in [0.15, 0.2) is 0 Å². The molecule has 1 atom stereocenters. The molecule has 0 aliphatic heterocycles. The second-order valence-corrected chi connectivity index (χ2v) is 4.64. The SMILES string of the molecule is CNC(Cn1cnc2ccccc21)c1ccccc1. The quantitative estimate of drug-likeness (QED) is 0.772. The van der Waals surface area contributed by atoms with E-state index in [4.69, 9.17) is 0 Å². The average Bonchev–Trinajstić information content (AvgIpc) is 2.89. The Morgan fingerprint density at radius 1 is 1.05 bits per heavy atom. The van der Waals surface area contributed by atoms with Crippen molar-refractivity contribution in [3.8, 4) is 0 Å². The summed E-state index contributed by atoms with van der Waals surface area (Å²) >= 11 is 0. The van der Waals surface area contributed by atoms with Crippen LogP contribution in [0.15, 0.2) is 60.9 Å². The molecule has 1 heterocycles. The molecule has 0 fully saturated rings. The van der Waals surface area contributed by atoms with Crippen LogP contribution in [0.3, 0.4) is 0 Å². The van der Waals surface area contributed by atoms with Gasteiger partial charge >= 0.3 is 0 Å². The van der Waals surface area contributed by atoms with Crippen molar-refractivity contribution >= 4 is 11.0 Å². The standard InChI is InChI=1S/C16H17N3/c1-17-15(13-7-3-2-4-8-13)11-19-12-18-14-9-5-6-10-16(14)19/h2-10,12,15,17H,11H2,1H3. The molecular weight excluding hydrogens is 234 g/mol. The van der Waals surface area contributed by atoms with Gasteiger partial charge in [-0.25, -0.2) is 4.98 Å². The second kappa shape index (κ2) is 5.24. The predicted molar refractivity (Wildman–Crippen MR) is 78.0 cm³/mol. The van der Waals surface area contributed by atoms with Crippen LogP contribution < -0.4 is 5.32 Å². The first kappa shape index (κ1) is 11.9. The number of nitrogens with one attached hydrogen (secondary N) is 1. The van der Waals surface area contributed by atoms with E-state index in [1.807, 2.05) is 31.6 Å². The van der Waals surface area contributed by atoms with Crippen molar-refractivity contribution in [3.63, 3.8) is 0 Å². The Bertz CT molecular complexity index is 658. The highest BCUT2D eigenvalue weighted by Gasteiger charge is 2.11. The van der Waals surface area contributed by atoms with Crippen LogP contribution in [-0.4, -0.2) is 16.6 Å². The van der Waals surface area contributed by atoms with Gasteiger partial charge in [0.2, 0.25) is 0 Å². The molecule has 1 aromatic heterocycles. The summed E-state index contributed by atoms with van der Waals surface area (Å²) in [4.78, 5) is 4.43. The van der Waals surface area contributed by atoms with Crippen LogP contribution in [0.2, 0.25) is 0 Å². The summed E-state index contributed by atoms with van der Waals surface area (Å²) < 4.78 is 2.20. The number of hydrogen-bond donors (Lipinski definition) is 1. The zero-order chi connectivity index (χ0) is 13.1. The summed E-state index contributed by atoms with van der Waals surface area (Å²) in [6.45, 7) is 0.876. The Labute approximate surface area is 112 Å². The molecular formula is C16H17N3. The van der Waals surface area contributed by atoms with E-state index >= 15 is 0 Å². The Hall–Kier alpha value is -2.13. The van der Waals surface area contributed by atoms with Gasteiger partial charge in [-0.05, 0) is 24.7 Å². The first-order valence-corrected chi connectivity index (χ1v) is 6.50. The van der Waals surface area contributed by atoms with Gasteiger partial charge in [0.05, 0.1) is 17.4 Å². The maximum atomic E-state index is 4.43. The predicted octanol–water partition coefficient (Wildman–Crippen LogP) is 3.00. The lowest BCUT2D eigenvalue weighted by molar-refractivity contribution is 0.508. The molecule has 3 aromatic rings. The van der Waals surface area contributed by atoms with Crippen LogP contribution in [-0.2, 0) is 6.54 Å². The van der Waals surface area contributed by atoms with Gasteiger partial charge in [0, 0.05) is 12.6 Å². The molecule has 96 valence electrons. The third-order valence-corrected chi connectivity index (χ3v) is 3.46. The fourth-order valence-electron chi connectivity index (χ4n) is 2.40. The van der Waals surface area contributed by atoms with E-state index in [2.05, 4.69) is 51.3 Å². The normalized spacial score (nSPS) is 12.7. The van der Waals surface area contributed by atoms with Crippen LogP contribution in [0, 0.1) is 0 Å². The van der Waals surface area contributed by atoms with Gasteiger partial charge in [-0.2, -0.15) is 0 Å². The highest BCUT2D eigenvalue weighted by atomic mass is 15.1. The molecule has 1 unspecified atom stereocenters. The third kappa shape index (κ3) is 2.37. The number of nitrogens with zero attached hydrogens (tertiary/aromatic N) is 2. The number of para-hydroxylation sites is 2. The number of fused-ring (bicyclic) bond motifs is 1. The van der Waals surface area contributed by atoms with Crippen LogP contribution >= 0.6 is 0 Å². The van der Waals surface area contributed by atoms with E-state index in [1.54, 1.807) is 0 Å². The van der Waals surface area contributed by atoms with E-state index in [0.717, 1.165) is 12.1 Å². The number of rotatable bonds is 4. The second-order valence-electron chi connectivity index (χ2n) is 4.64. The smallest absolute Gasteiger partial charge is 0.0958 e. The molecule has 0 amide bonds. The van der Waals surface area contributed by atoms with E-state index in [9.17, 15) is 0 Å². The van der Waals surface area contributed by atoms with Gasteiger partial charge in [-0.3, -0.25) is 0 Å². The summed E-state index contributed by atoms with van der Waals surface area (Å²) in [5, 5.41) is 3.37. The molecule has 1 N–H and O–H groups in total. The Morgan fingerprint density at radius 2 is 1.79 bits per heavy atom. The summed E-state index contributed by atoms with van der Waals surface area (Å²) in [7, 11) is 2.00. The number of hydrogen-bond acceptors (Lipinski definition) is 2. The van der Waals surface area contributed by atoms with Gasteiger partial charge in [-0.1, -0.05) is 42.5 Å². The lowest BCUT2D eigenvalue weighted by Gasteiger charge is -2.17. The van der Waals surface area contributed by atoms with Crippen LogP contribution in [0.5, 0.6) is 0 Å². The number of aromatic nitrogens is 2. The van der Waals surface area contributed by atoms with E-state index in [0.29, 0.717) is 6.04 Å². The number of likely N-dealkylation sites (N-methyl/N-ethyl adjacent to an activating group) is 1. The molecule has 0 saturated carbocycles. The molecule has 0 spiro atoms. The summed E-state index contributed by atoms with van der Waals surface area (Å²) in [5.74, 6) is 0. The van der Waals surface area contributed by atoms with Gasteiger partial charge < -0.3 is 9.88 Å². The summed E-state index contributed by atoms with van der Waals surface area (Å²) in [6, 6.07) is 19.0. The Kier molecular flexibility index (Phi) is 3.29. The largest absolute Gasteiger partial charge is 0.329 e. The molecule has 0 bridgehead atoms. The highest BCUT2D eigenvalue weighted by Crippen LogP contribution is 2.18. The maximum absolute atomic E-state index is 4.43. The Morgan fingerprint density at radius 3 is 2.58 bits per heavy atom. The van der Waals surface area contributed by atoms with E-state index in [1.165, 1.54) is 11.1 Å². The zero-order valence-electron chi connectivity index (χ0n) is 11.0. The lowest BCUT2D eigenvalue weighted by Crippen LogP contribution is -2.21. The number of benzene rings is 2. The zero-order valence-corrected chi connectivity index (χ0v) is 11.0. The van der Waals surface area contributed by atoms with Crippen LogP contribution in [0.1, 0.15) is 11.6 Å². The van der Waals surface area contributed by atoms with Crippen molar-refractivity contribution in [2.45, 2.75) is 12.6 Å². The Balaban J connectivity index is 1.91. The summed E-state index contributed by atoms with van der Waals surface area (Å²) in [6.07, 6.45) is 1.91. The maximum Gasteiger partial charge on any atom is 0.0958 e. The molecule has 2 aromatic carbocycles. The minimum atomic E-state index is 0.291. The van der Waals surface area contributed by atoms with Crippen molar-refractivity contribution in [3.05, 3.63) is 66.5 Å². The molecule has 19 heavy (non-hydrogen) atoms. The molecule has 0 aliphatic carbocycles. The third-order valence-electron chi connectivity index (χ3n) is 3.46. The van der Waals surface area contributed by atoms with E-state index < -0.39 is 0 Å². The van der Waals surface area contributed by atoms with Gasteiger partial charge in [0.1, 0.15) is 0 Å². The van der Waals surface area contributed by atoms with Crippen molar-refractivity contribution in [2.24, 2.45) is 0 Å². The minimum absolute atomic E-state index is 0.291. The average molecular weight is 251 g/mol. The fraction of sp³-hybridized carbons (Fsp3) is 0.188. The van der Waals surface area contributed by atoms with Crippen molar-refractivity contribution in [2.75, 3.05) is 7.05 Å². The molecule has 0 aliphatic rings.